The van der Waals surface area contributed by atoms with Crippen LogP contribution in [0, 0.1) is 0 Å². The molecule has 21 heavy (non-hydrogen) atoms. The van der Waals surface area contributed by atoms with Crippen LogP contribution in [0.1, 0.15) is 23.3 Å². The third-order valence-corrected chi connectivity index (χ3v) is 4.68. The topological polar surface area (TPSA) is 54.0 Å². The molecule has 1 aromatic carbocycles. The van der Waals surface area contributed by atoms with Gasteiger partial charge >= 0.3 is 0 Å². The van der Waals surface area contributed by atoms with E-state index in [1.54, 1.807) is 5.38 Å². The third kappa shape index (κ3) is 3.43. The molecule has 0 spiro atoms. The molecule has 1 aliphatic heterocycles. The average Bonchev–Trinajstić information content (AvgIpc) is 2.98. The van der Waals surface area contributed by atoms with Crippen LogP contribution in [0.15, 0.2) is 29.6 Å². The van der Waals surface area contributed by atoms with Gasteiger partial charge in [-0.15, -0.1) is 11.3 Å². The number of hydrogen-bond acceptors (Lipinski definition) is 4. The Labute approximate surface area is 132 Å². The SMILES string of the molecule is O=C(NC1CCCNC1)c1csc(-c2ccccc2Cl)n1. The largest absolute Gasteiger partial charge is 0.347 e. The van der Waals surface area contributed by atoms with E-state index in [0.717, 1.165) is 36.5 Å². The molecule has 2 heterocycles. The minimum atomic E-state index is -0.113. The monoisotopic (exact) mass is 321 g/mol. The quantitative estimate of drug-likeness (QED) is 0.914. The molecule has 0 saturated carbocycles. The summed E-state index contributed by atoms with van der Waals surface area (Å²) in [5, 5.41) is 9.51. The lowest BCUT2D eigenvalue weighted by atomic mass is 10.1. The number of benzene rings is 1. The Balaban J connectivity index is 1.72. The van der Waals surface area contributed by atoms with E-state index in [9.17, 15) is 4.79 Å². The molecule has 1 amide bonds. The molecule has 0 aliphatic carbocycles. The smallest absolute Gasteiger partial charge is 0.271 e. The van der Waals surface area contributed by atoms with Crippen LogP contribution in [0.2, 0.25) is 5.02 Å². The Morgan fingerprint density at radius 2 is 2.29 bits per heavy atom. The highest BCUT2D eigenvalue weighted by Crippen LogP contribution is 2.30. The van der Waals surface area contributed by atoms with Gasteiger partial charge in [0.15, 0.2) is 0 Å². The lowest BCUT2D eigenvalue weighted by molar-refractivity contribution is 0.0926. The Hall–Kier alpha value is -1.43. The fraction of sp³-hybridized carbons (Fsp3) is 0.333. The Morgan fingerprint density at radius 3 is 3.05 bits per heavy atom. The van der Waals surface area contributed by atoms with Gasteiger partial charge in [-0.1, -0.05) is 29.8 Å². The average molecular weight is 322 g/mol. The number of nitrogens with zero attached hydrogens (tertiary/aromatic N) is 1. The minimum absolute atomic E-state index is 0.113. The maximum Gasteiger partial charge on any atom is 0.271 e. The van der Waals surface area contributed by atoms with Crippen LogP contribution >= 0.6 is 22.9 Å². The summed E-state index contributed by atoms with van der Waals surface area (Å²) in [5.41, 5.74) is 1.32. The van der Waals surface area contributed by atoms with Crippen LogP contribution in [-0.4, -0.2) is 30.0 Å². The summed E-state index contributed by atoms with van der Waals surface area (Å²) in [6.45, 7) is 1.85. The van der Waals surface area contributed by atoms with Crippen LogP contribution in [0.25, 0.3) is 10.6 Å². The first kappa shape index (κ1) is 14.5. The normalized spacial score (nSPS) is 18.4. The predicted molar refractivity (Wildman–Crippen MR) is 85.9 cm³/mol. The van der Waals surface area contributed by atoms with Crippen molar-refractivity contribution < 1.29 is 4.79 Å². The molecule has 2 aromatic rings. The van der Waals surface area contributed by atoms with Crippen molar-refractivity contribution >= 4 is 28.8 Å². The van der Waals surface area contributed by atoms with Gasteiger partial charge < -0.3 is 10.6 Å². The number of aromatic nitrogens is 1. The summed E-state index contributed by atoms with van der Waals surface area (Å²) >= 11 is 7.60. The lowest BCUT2D eigenvalue weighted by Gasteiger charge is -2.23. The van der Waals surface area contributed by atoms with Crippen molar-refractivity contribution in [3.63, 3.8) is 0 Å². The van der Waals surface area contributed by atoms with Crippen molar-refractivity contribution in [3.8, 4) is 10.6 Å². The molecule has 1 aliphatic rings. The van der Waals surface area contributed by atoms with Crippen molar-refractivity contribution in [1.82, 2.24) is 15.6 Å². The highest BCUT2D eigenvalue weighted by molar-refractivity contribution is 7.13. The minimum Gasteiger partial charge on any atom is -0.347 e. The lowest BCUT2D eigenvalue weighted by Crippen LogP contribution is -2.45. The molecule has 3 rings (SSSR count). The van der Waals surface area contributed by atoms with Crippen LogP contribution in [0.3, 0.4) is 0 Å². The van der Waals surface area contributed by atoms with E-state index in [1.165, 1.54) is 11.3 Å². The van der Waals surface area contributed by atoms with E-state index in [0.29, 0.717) is 10.7 Å². The number of carbonyl (C=O) groups excluding carboxylic acids is 1. The van der Waals surface area contributed by atoms with Crippen molar-refractivity contribution in [1.29, 1.82) is 0 Å². The second kappa shape index (κ2) is 6.56. The van der Waals surface area contributed by atoms with Gasteiger partial charge in [0.25, 0.3) is 5.91 Å². The van der Waals surface area contributed by atoms with Gasteiger partial charge in [-0.25, -0.2) is 4.98 Å². The van der Waals surface area contributed by atoms with Crippen LogP contribution in [0.4, 0.5) is 0 Å². The van der Waals surface area contributed by atoms with Crippen molar-refractivity contribution in [3.05, 3.63) is 40.4 Å². The summed E-state index contributed by atoms with van der Waals surface area (Å²) in [7, 11) is 0. The van der Waals surface area contributed by atoms with Crippen LogP contribution in [0.5, 0.6) is 0 Å². The van der Waals surface area contributed by atoms with Gasteiger partial charge in [0.2, 0.25) is 0 Å². The molecular weight excluding hydrogens is 306 g/mol. The van der Waals surface area contributed by atoms with Gasteiger partial charge in [-0.05, 0) is 25.5 Å². The highest BCUT2D eigenvalue weighted by Gasteiger charge is 2.18. The molecule has 2 N–H and O–H groups in total. The van der Waals surface area contributed by atoms with Crippen molar-refractivity contribution in [2.45, 2.75) is 18.9 Å². The summed E-state index contributed by atoms with van der Waals surface area (Å²) in [6, 6.07) is 7.72. The second-order valence-electron chi connectivity index (χ2n) is 5.03. The van der Waals surface area contributed by atoms with E-state index >= 15 is 0 Å². The van der Waals surface area contributed by atoms with Crippen molar-refractivity contribution in [2.75, 3.05) is 13.1 Å². The van der Waals surface area contributed by atoms with Gasteiger partial charge in [0, 0.05) is 23.5 Å². The number of carbonyl (C=O) groups is 1. The van der Waals surface area contributed by atoms with Gasteiger partial charge in [0.1, 0.15) is 10.7 Å². The zero-order chi connectivity index (χ0) is 14.7. The number of piperidine rings is 1. The molecule has 1 atom stereocenters. The molecule has 1 unspecified atom stereocenters. The van der Waals surface area contributed by atoms with E-state index in [1.807, 2.05) is 24.3 Å². The highest BCUT2D eigenvalue weighted by atomic mass is 35.5. The number of amides is 1. The zero-order valence-electron chi connectivity index (χ0n) is 11.4. The zero-order valence-corrected chi connectivity index (χ0v) is 13.0. The summed E-state index contributed by atoms with van der Waals surface area (Å²) in [4.78, 5) is 16.6. The van der Waals surface area contributed by atoms with Crippen molar-refractivity contribution in [2.24, 2.45) is 0 Å². The number of hydrogen-bond donors (Lipinski definition) is 2. The second-order valence-corrected chi connectivity index (χ2v) is 6.30. The first-order valence-corrected chi connectivity index (χ1v) is 8.22. The van der Waals surface area contributed by atoms with E-state index < -0.39 is 0 Å². The summed E-state index contributed by atoms with van der Waals surface area (Å²) in [6.07, 6.45) is 2.10. The molecule has 1 fully saturated rings. The van der Waals surface area contributed by atoms with E-state index in [2.05, 4.69) is 15.6 Å². The first-order valence-electron chi connectivity index (χ1n) is 6.96. The van der Waals surface area contributed by atoms with E-state index in [4.69, 9.17) is 11.6 Å². The molecular formula is C15H16ClN3OS. The molecule has 4 nitrogen and oxygen atoms in total. The molecule has 0 bridgehead atoms. The number of rotatable bonds is 3. The van der Waals surface area contributed by atoms with Crippen LogP contribution < -0.4 is 10.6 Å². The molecule has 1 saturated heterocycles. The number of nitrogens with one attached hydrogen (secondary N) is 2. The Morgan fingerprint density at radius 1 is 1.43 bits per heavy atom. The molecule has 0 radical (unpaired) electrons. The van der Waals surface area contributed by atoms with Gasteiger partial charge in [0.05, 0.1) is 5.02 Å². The predicted octanol–water partition coefficient (Wildman–Crippen LogP) is 2.95. The van der Waals surface area contributed by atoms with Gasteiger partial charge in [-0.2, -0.15) is 0 Å². The molecule has 110 valence electrons. The molecule has 6 heteroatoms. The fourth-order valence-corrected chi connectivity index (χ4v) is 3.49. The Kier molecular flexibility index (Phi) is 4.53. The number of halogens is 1. The standard InChI is InChI=1S/C15H16ClN3OS/c16-12-6-2-1-5-11(12)15-19-13(9-21-15)14(20)18-10-4-3-7-17-8-10/h1-2,5-6,9-10,17H,3-4,7-8H2,(H,18,20). The van der Waals surface area contributed by atoms with E-state index in [-0.39, 0.29) is 11.9 Å². The molecule has 1 aromatic heterocycles. The number of thiazole rings is 1. The summed E-state index contributed by atoms with van der Waals surface area (Å²) in [5.74, 6) is -0.113. The third-order valence-electron chi connectivity index (χ3n) is 3.47. The Bertz CT molecular complexity index is 637. The first-order chi connectivity index (χ1) is 10.2. The maximum atomic E-state index is 12.2. The fourth-order valence-electron chi connectivity index (χ4n) is 2.37. The van der Waals surface area contributed by atoms with Crippen LogP contribution in [-0.2, 0) is 0 Å². The maximum absolute atomic E-state index is 12.2. The van der Waals surface area contributed by atoms with Gasteiger partial charge in [-0.3, -0.25) is 4.79 Å². The summed E-state index contributed by atoms with van der Waals surface area (Å²) < 4.78 is 0.